The zero-order valence-electron chi connectivity index (χ0n) is 50.3. The Bertz CT molecular complexity index is 4450. The van der Waals surface area contributed by atoms with E-state index in [1.807, 2.05) is 116 Å². The molecule has 432 valence electrons. The monoisotopic (exact) mass is 1150 g/mol. The van der Waals surface area contributed by atoms with Crippen LogP contribution in [0.5, 0.6) is 0 Å². The standard InChI is InChI=1S/4C19H16N2O/c1-12(2)13-8-9-17(21-11-13)16-6-3-5-14-15-7-4-10-20-19(15)22-18(14)16;1-12(2)13-6-7-17(21-10-13)16-5-3-4-15-14-8-9-20-11-18(14)22-19(15)16;1-12(2)13-6-7-17(21-10-13)15-5-3-4-14-16-11-20-9-8-18(16)22-19(14)15;1-12(2)13-7-8-16(21-11-13)14-9-10-20-18-15-5-3-4-6-17(15)22-19(14)18/h4*3-12H,1-2H3. The summed E-state index contributed by atoms with van der Waals surface area (Å²) in [6.07, 6.45) is 18.5. The van der Waals surface area contributed by atoms with E-state index in [-0.39, 0.29) is 0 Å². The van der Waals surface area contributed by atoms with Crippen LogP contribution in [-0.2, 0) is 0 Å². The van der Waals surface area contributed by atoms with E-state index in [9.17, 15) is 0 Å². The molecule has 0 N–H and O–H groups in total. The predicted octanol–water partition coefficient (Wildman–Crippen LogP) is 20.7. The molecule has 0 bridgehead atoms. The molecule has 0 saturated heterocycles. The maximum Gasteiger partial charge on any atom is 0.227 e. The maximum absolute atomic E-state index is 6.04. The summed E-state index contributed by atoms with van der Waals surface area (Å²) < 4.78 is 24.0. The lowest BCUT2D eigenvalue weighted by molar-refractivity contribution is 0.655. The van der Waals surface area contributed by atoms with E-state index in [2.05, 4.69) is 174 Å². The summed E-state index contributed by atoms with van der Waals surface area (Å²) in [4.78, 5) is 35.6. The molecule has 12 heteroatoms. The summed E-state index contributed by atoms with van der Waals surface area (Å²) >= 11 is 0. The number of aromatic nitrogens is 8. The highest BCUT2D eigenvalue weighted by Gasteiger charge is 2.18. The Hall–Kier alpha value is -10.7. The van der Waals surface area contributed by atoms with E-state index in [4.69, 9.17) is 17.7 Å². The highest BCUT2D eigenvalue weighted by molar-refractivity contribution is 6.11. The van der Waals surface area contributed by atoms with Crippen LogP contribution in [0.4, 0.5) is 0 Å². The Morgan fingerprint density at radius 2 is 0.693 bits per heavy atom. The third kappa shape index (κ3) is 11.1. The Kier molecular flexibility index (Phi) is 15.6. The molecule has 0 radical (unpaired) electrons. The summed E-state index contributed by atoms with van der Waals surface area (Å²) in [7, 11) is 0. The molecule has 4 aromatic carbocycles. The number of hydrogen-bond acceptors (Lipinski definition) is 12. The Labute approximate surface area is 509 Å². The zero-order chi connectivity index (χ0) is 60.4. The van der Waals surface area contributed by atoms with Gasteiger partial charge in [-0.2, -0.15) is 0 Å². The smallest absolute Gasteiger partial charge is 0.227 e. The normalized spacial score (nSPS) is 11.6. The lowest BCUT2D eigenvalue weighted by Gasteiger charge is -2.06. The second-order valence-corrected chi connectivity index (χ2v) is 23.1. The summed E-state index contributed by atoms with van der Waals surface area (Å²) in [5.74, 6) is 1.92. The van der Waals surface area contributed by atoms with Crippen LogP contribution in [0.3, 0.4) is 0 Å². The van der Waals surface area contributed by atoms with Crippen LogP contribution in [0, 0.1) is 0 Å². The molecule has 0 aliphatic carbocycles. The summed E-state index contributed by atoms with van der Waals surface area (Å²) in [5.41, 5.74) is 20.2. The van der Waals surface area contributed by atoms with Crippen molar-refractivity contribution < 1.29 is 17.7 Å². The largest absolute Gasteiger partial charge is 0.455 e. The highest BCUT2D eigenvalue weighted by Crippen LogP contribution is 2.39. The van der Waals surface area contributed by atoms with Gasteiger partial charge in [-0.3, -0.25) is 34.9 Å². The number of nitrogens with zero attached hydrogens (tertiary/aromatic N) is 8. The van der Waals surface area contributed by atoms with Crippen molar-refractivity contribution in [3.05, 3.63) is 242 Å². The number of para-hydroxylation sites is 4. The van der Waals surface area contributed by atoms with Crippen molar-refractivity contribution in [2.75, 3.05) is 0 Å². The summed E-state index contributed by atoms with van der Waals surface area (Å²) in [5, 5.41) is 7.47. The summed E-state index contributed by atoms with van der Waals surface area (Å²) in [6.45, 7) is 17.4. The molecular weight excluding hydrogens is 1090 g/mol. The SMILES string of the molecule is CC(C)c1ccc(-c2cccc3c2oc2ccncc23)nc1.CC(C)c1ccc(-c2cccc3c2oc2cnccc23)nc1.CC(C)c1ccc(-c2cccc3c2oc2ncccc23)nc1.CC(C)c1ccc(-c2ccnc3c2oc2ccccc23)nc1. The summed E-state index contributed by atoms with van der Waals surface area (Å²) in [6, 6.07) is 53.0. The van der Waals surface area contributed by atoms with Gasteiger partial charge in [-0.25, -0.2) is 4.98 Å². The van der Waals surface area contributed by atoms with Crippen LogP contribution in [0.15, 0.2) is 237 Å². The molecule has 0 amide bonds. The Balaban J connectivity index is 0.000000108. The third-order valence-corrected chi connectivity index (χ3v) is 16.0. The van der Waals surface area contributed by atoms with Crippen LogP contribution in [0.2, 0.25) is 0 Å². The molecule has 0 spiro atoms. The van der Waals surface area contributed by atoms with Gasteiger partial charge >= 0.3 is 0 Å². The molecule has 12 heterocycles. The molecule has 0 unspecified atom stereocenters. The molecule has 0 aliphatic heterocycles. The van der Waals surface area contributed by atoms with E-state index in [0.717, 1.165) is 127 Å². The molecule has 88 heavy (non-hydrogen) atoms. The van der Waals surface area contributed by atoms with E-state index in [1.165, 1.54) is 22.3 Å². The van der Waals surface area contributed by atoms with Gasteiger partial charge in [0.1, 0.15) is 33.4 Å². The first kappa shape index (κ1) is 56.4. The van der Waals surface area contributed by atoms with Crippen LogP contribution in [-0.4, -0.2) is 39.9 Å². The fourth-order valence-electron chi connectivity index (χ4n) is 11.0. The van der Waals surface area contributed by atoms with Gasteiger partial charge in [0.15, 0.2) is 11.2 Å². The van der Waals surface area contributed by atoms with E-state index in [0.29, 0.717) is 29.4 Å². The molecule has 12 nitrogen and oxygen atoms in total. The van der Waals surface area contributed by atoms with Gasteiger partial charge in [0.25, 0.3) is 0 Å². The molecule has 0 atom stereocenters. The number of furan rings is 4. The van der Waals surface area contributed by atoms with Gasteiger partial charge in [0.05, 0.1) is 29.0 Å². The van der Waals surface area contributed by atoms with Gasteiger partial charge in [0.2, 0.25) is 5.71 Å². The first-order chi connectivity index (χ1) is 42.9. The average molecular weight is 1150 g/mol. The van der Waals surface area contributed by atoms with E-state index in [1.54, 1.807) is 24.8 Å². The van der Waals surface area contributed by atoms with Gasteiger partial charge in [0, 0.05) is 116 Å². The van der Waals surface area contributed by atoms with Crippen LogP contribution < -0.4 is 0 Å². The molecule has 0 saturated carbocycles. The fourth-order valence-corrected chi connectivity index (χ4v) is 11.0. The van der Waals surface area contributed by atoms with Crippen LogP contribution in [0.25, 0.3) is 133 Å². The maximum atomic E-state index is 6.04. The average Bonchev–Trinajstić information content (AvgIpc) is 3.08. The van der Waals surface area contributed by atoms with Gasteiger partial charge in [-0.1, -0.05) is 128 Å². The van der Waals surface area contributed by atoms with E-state index < -0.39 is 0 Å². The minimum absolute atomic E-state index is 0.477. The predicted molar refractivity (Wildman–Crippen MR) is 355 cm³/mol. The second-order valence-electron chi connectivity index (χ2n) is 23.1. The van der Waals surface area contributed by atoms with Crippen molar-refractivity contribution in [1.82, 2.24) is 39.9 Å². The van der Waals surface area contributed by atoms with Crippen molar-refractivity contribution in [3.8, 4) is 45.0 Å². The molecule has 0 aliphatic rings. The molecule has 0 fully saturated rings. The van der Waals surface area contributed by atoms with Crippen molar-refractivity contribution >= 4 is 88.0 Å². The molecule has 16 aromatic rings. The topological polar surface area (TPSA) is 156 Å². The number of benzene rings is 4. The fraction of sp³-hybridized carbons (Fsp3) is 0.158. The van der Waals surface area contributed by atoms with Crippen molar-refractivity contribution in [1.29, 1.82) is 0 Å². The molecule has 16 rings (SSSR count). The van der Waals surface area contributed by atoms with E-state index >= 15 is 0 Å². The third-order valence-electron chi connectivity index (χ3n) is 16.0. The first-order valence-electron chi connectivity index (χ1n) is 29.8. The number of pyridine rings is 8. The van der Waals surface area contributed by atoms with Gasteiger partial charge in [-0.05, 0) is 131 Å². The van der Waals surface area contributed by atoms with Crippen LogP contribution >= 0.6 is 0 Å². The van der Waals surface area contributed by atoms with Crippen molar-refractivity contribution in [2.45, 2.75) is 79.1 Å². The number of rotatable bonds is 8. The minimum atomic E-state index is 0.477. The lowest BCUT2D eigenvalue weighted by atomic mass is 10.0. The Morgan fingerprint density at radius 3 is 1.23 bits per heavy atom. The Morgan fingerprint density at radius 1 is 0.261 bits per heavy atom. The zero-order valence-corrected chi connectivity index (χ0v) is 50.3. The first-order valence-corrected chi connectivity index (χ1v) is 29.8. The lowest BCUT2D eigenvalue weighted by Crippen LogP contribution is -1.91. The molecular formula is C76H64N8O4. The minimum Gasteiger partial charge on any atom is -0.455 e. The quantitative estimate of drug-likeness (QED) is 0.142. The van der Waals surface area contributed by atoms with Gasteiger partial charge in [-0.15, -0.1) is 0 Å². The highest BCUT2D eigenvalue weighted by atomic mass is 16.3. The van der Waals surface area contributed by atoms with Gasteiger partial charge < -0.3 is 17.7 Å². The van der Waals surface area contributed by atoms with Crippen LogP contribution in [0.1, 0.15) is 101 Å². The number of hydrogen-bond donors (Lipinski definition) is 0. The molecule has 12 aromatic heterocycles. The van der Waals surface area contributed by atoms with Crippen molar-refractivity contribution in [3.63, 3.8) is 0 Å². The number of fused-ring (bicyclic) bond motifs is 12. The second kappa shape index (κ2) is 24.3. The van der Waals surface area contributed by atoms with Crippen molar-refractivity contribution in [2.24, 2.45) is 0 Å².